The first-order valence-electron chi connectivity index (χ1n) is 4.86. The quantitative estimate of drug-likeness (QED) is 0.877. The summed E-state index contributed by atoms with van der Waals surface area (Å²) in [5, 5.41) is 3.92. The lowest BCUT2D eigenvalue weighted by atomic mass is 10.1. The summed E-state index contributed by atoms with van der Waals surface area (Å²) in [6.45, 7) is -0.869. The molecule has 1 aromatic carbocycles. The van der Waals surface area contributed by atoms with Gasteiger partial charge in [0.2, 0.25) is 0 Å². The van der Waals surface area contributed by atoms with Crippen LogP contribution >= 0.6 is 0 Å². The van der Waals surface area contributed by atoms with Gasteiger partial charge in [0.1, 0.15) is 12.5 Å². The number of nitrogens with two attached hydrogens (primary N) is 1. The van der Waals surface area contributed by atoms with Gasteiger partial charge >= 0.3 is 0 Å². The van der Waals surface area contributed by atoms with Crippen LogP contribution in [0.5, 0.6) is 0 Å². The van der Waals surface area contributed by atoms with E-state index in [4.69, 9.17) is 5.73 Å². The van der Waals surface area contributed by atoms with Crippen LogP contribution in [0.25, 0.3) is 11.3 Å². The van der Waals surface area contributed by atoms with Crippen molar-refractivity contribution in [3.8, 4) is 11.3 Å². The molecule has 2 N–H and O–H groups in total. The second-order valence-corrected chi connectivity index (χ2v) is 3.65. The zero-order valence-corrected chi connectivity index (χ0v) is 9.04. The maximum atomic E-state index is 13.6. The van der Waals surface area contributed by atoms with E-state index in [-0.39, 0.29) is 16.8 Å². The number of nitrogens with zero attached hydrogens (tertiary/aromatic N) is 2. The molecule has 0 aliphatic carbocycles. The minimum Gasteiger partial charge on any atom is -0.384 e. The molecule has 0 unspecified atom stereocenters. The van der Waals surface area contributed by atoms with Gasteiger partial charge in [-0.1, -0.05) is 0 Å². The molecule has 0 spiro atoms. The zero-order chi connectivity index (χ0) is 12.6. The van der Waals surface area contributed by atoms with Crippen LogP contribution in [0.2, 0.25) is 0 Å². The van der Waals surface area contributed by atoms with E-state index in [2.05, 4.69) is 5.10 Å². The Morgan fingerprint density at radius 3 is 2.53 bits per heavy atom. The maximum absolute atomic E-state index is 13.6. The summed E-state index contributed by atoms with van der Waals surface area (Å²) in [4.78, 5) is 0. The summed E-state index contributed by atoms with van der Waals surface area (Å²) in [7, 11) is 1.58. The van der Waals surface area contributed by atoms with Crippen LogP contribution in [0.3, 0.4) is 0 Å². The van der Waals surface area contributed by atoms with Crippen molar-refractivity contribution < 1.29 is 13.2 Å². The first kappa shape index (κ1) is 11.5. The molecule has 0 aliphatic rings. The lowest BCUT2D eigenvalue weighted by Gasteiger charge is -2.03. The van der Waals surface area contributed by atoms with E-state index in [1.165, 1.54) is 16.8 Å². The number of hydrogen-bond acceptors (Lipinski definition) is 2. The van der Waals surface area contributed by atoms with Gasteiger partial charge in [-0.05, 0) is 17.7 Å². The highest BCUT2D eigenvalue weighted by Crippen LogP contribution is 2.26. The van der Waals surface area contributed by atoms with Gasteiger partial charge < -0.3 is 5.73 Å². The number of rotatable bonds is 2. The van der Waals surface area contributed by atoms with Crippen molar-refractivity contribution in [2.75, 3.05) is 5.73 Å². The molecule has 6 heteroatoms. The first-order chi connectivity index (χ1) is 8.02. The molecule has 0 saturated carbocycles. The molecule has 1 heterocycles. The Morgan fingerprint density at radius 1 is 1.29 bits per heavy atom. The average molecular weight is 241 g/mol. The summed E-state index contributed by atoms with van der Waals surface area (Å²) in [6.07, 6.45) is 0. The standard InChI is InChI=1S/C11H10F3N3/c1-17-10(15)4-9(16-17)7-2-6(5-12)3-8(13)11(7)14/h2-4H,5,15H2,1H3. The fraction of sp³-hybridized carbons (Fsp3) is 0.182. The fourth-order valence-electron chi connectivity index (χ4n) is 1.52. The summed E-state index contributed by atoms with van der Waals surface area (Å²) >= 11 is 0. The molecule has 17 heavy (non-hydrogen) atoms. The van der Waals surface area contributed by atoms with Crippen molar-refractivity contribution in [3.63, 3.8) is 0 Å². The molecule has 2 rings (SSSR count). The molecule has 0 amide bonds. The normalized spacial score (nSPS) is 10.8. The highest BCUT2D eigenvalue weighted by atomic mass is 19.2. The molecule has 0 atom stereocenters. The van der Waals surface area contributed by atoms with E-state index in [1.54, 1.807) is 7.05 Å². The van der Waals surface area contributed by atoms with Gasteiger partial charge in [0.15, 0.2) is 11.6 Å². The molecule has 90 valence electrons. The van der Waals surface area contributed by atoms with Crippen molar-refractivity contribution in [2.24, 2.45) is 7.05 Å². The summed E-state index contributed by atoms with van der Waals surface area (Å²) in [5.74, 6) is -1.84. The molecule has 0 radical (unpaired) electrons. The summed E-state index contributed by atoms with van der Waals surface area (Å²) in [6, 6.07) is 3.45. The number of halogens is 3. The molecule has 0 saturated heterocycles. The maximum Gasteiger partial charge on any atom is 0.168 e. The van der Waals surface area contributed by atoms with E-state index in [9.17, 15) is 13.2 Å². The number of aryl methyl sites for hydroxylation is 1. The topological polar surface area (TPSA) is 43.8 Å². The number of alkyl halides is 1. The molecule has 2 aromatic rings. The third-order valence-electron chi connectivity index (χ3n) is 2.43. The molecule has 3 nitrogen and oxygen atoms in total. The third-order valence-corrected chi connectivity index (χ3v) is 2.43. The summed E-state index contributed by atoms with van der Waals surface area (Å²) in [5.41, 5.74) is 5.69. The Kier molecular flexibility index (Phi) is 2.79. The second-order valence-electron chi connectivity index (χ2n) is 3.65. The molecule has 1 aromatic heterocycles. The lowest BCUT2D eigenvalue weighted by molar-refractivity contribution is 0.473. The predicted molar refractivity (Wildman–Crippen MR) is 57.8 cm³/mol. The van der Waals surface area contributed by atoms with Gasteiger partial charge in [0, 0.05) is 18.7 Å². The fourth-order valence-corrected chi connectivity index (χ4v) is 1.52. The van der Waals surface area contributed by atoms with Crippen LogP contribution in [0.15, 0.2) is 18.2 Å². The number of nitrogen functional groups attached to an aromatic ring is 1. The largest absolute Gasteiger partial charge is 0.384 e. The number of hydrogen-bond donors (Lipinski definition) is 1. The molecule has 0 aliphatic heterocycles. The van der Waals surface area contributed by atoms with E-state index in [0.717, 1.165) is 6.07 Å². The number of anilines is 1. The number of benzene rings is 1. The molecular weight excluding hydrogens is 231 g/mol. The number of aromatic nitrogens is 2. The van der Waals surface area contributed by atoms with Crippen LogP contribution in [0.4, 0.5) is 19.0 Å². The Labute approximate surface area is 95.7 Å². The van der Waals surface area contributed by atoms with Crippen LogP contribution < -0.4 is 5.73 Å². The van der Waals surface area contributed by atoms with E-state index in [0.29, 0.717) is 5.82 Å². The highest BCUT2D eigenvalue weighted by molar-refractivity contribution is 5.64. The van der Waals surface area contributed by atoms with Crippen molar-refractivity contribution in [1.82, 2.24) is 9.78 Å². The van der Waals surface area contributed by atoms with Crippen LogP contribution in [-0.4, -0.2) is 9.78 Å². The minimum atomic E-state index is -1.10. The van der Waals surface area contributed by atoms with Gasteiger partial charge in [-0.25, -0.2) is 13.2 Å². The van der Waals surface area contributed by atoms with Gasteiger partial charge in [-0.3, -0.25) is 4.68 Å². The Morgan fingerprint density at radius 2 is 2.00 bits per heavy atom. The smallest absolute Gasteiger partial charge is 0.168 e. The monoisotopic (exact) mass is 241 g/mol. The SMILES string of the molecule is Cn1nc(-c2cc(CF)cc(F)c2F)cc1N. The zero-order valence-electron chi connectivity index (χ0n) is 9.04. The second kappa shape index (κ2) is 4.12. The molecule has 0 bridgehead atoms. The van der Waals surface area contributed by atoms with Gasteiger partial charge in [-0.2, -0.15) is 5.10 Å². The Bertz CT molecular complexity index is 544. The van der Waals surface area contributed by atoms with Gasteiger partial charge in [0.05, 0.1) is 5.69 Å². The van der Waals surface area contributed by atoms with Crippen LogP contribution in [0.1, 0.15) is 5.56 Å². The summed E-state index contributed by atoms with van der Waals surface area (Å²) < 4.78 is 40.6. The molecular formula is C11H10F3N3. The average Bonchev–Trinajstić information content (AvgIpc) is 2.62. The Hall–Kier alpha value is -1.98. The first-order valence-corrected chi connectivity index (χ1v) is 4.86. The van der Waals surface area contributed by atoms with Crippen molar-refractivity contribution in [2.45, 2.75) is 6.67 Å². The van der Waals surface area contributed by atoms with E-state index >= 15 is 0 Å². The predicted octanol–water partition coefficient (Wildman–Crippen LogP) is 2.42. The Balaban J connectivity index is 2.61. The van der Waals surface area contributed by atoms with Gasteiger partial charge in [0.25, 0.3) is 0 Å². The third kappa shape index (κ3) is 1.98. The van der Waals surface area contributed by atoms with E-state index in [1.807, 2.05) is 0 Å². The highest BCUT2D eigenvalue weighted by Gasteiger charge is 2.15. The van der Waals surface area contributed by atoms with E-state index < -0.39 is 18.3 Å². The van der Waals surface area contributed by atoms with Crippen molar-refractivity contribution in [1.29, 1.82) is 0 Å². The van der Waals surface area contributed by atoms with Gasteiger partial charge in [-0.15, -0.1) is 0 Å². The minimum absolute atomic E-state index is 0.0584. The van der Waals surface area contributed by atoms with Crippen molar-refractivity contribution in [3.05, 3.63) is 35.4 Å². The van der Waals surface area contributed by atoms with Crippen LogP contribution in [0, 0.1) is 11.6 Å². The lowest BCUT2D eigenvalue weighted by Crippen LogP contribution is -1.97. The van der Waals surface area contributed by atoms with Crippen molar-refractivity contribution >= 4 is 5.82 Å². The molecule has 0 fully saturated rings. The van der Waals surface area contributed by atoms with Crippen LogP contribution in [-0.2, 0) is 13.7 Å².